The fourth-order valence-electron chi connectivity index (χ4n) is 19.2. The first kappa shape index (κ1) is 81.0. The number of hydrogen-bond acceptors (Lipinski definition) is 20. The predicted molar refractivity (Wildman–Crippen MR) is 397 cm³/mol. The van der Waals surface area contributed by atoms with Crippen LogP contribution in [0.15, 0.2) is 78.4 Å². The van der Waals surface area contributed by atoms with Gasteiger partial charge in [0.2, 0.25) is 29.4 Å². The molecule has 11 rings (SSSR count). The number of carboxylic acid groups (broad SMARTS) is 1. The number of hydrogen-bond donors (Lipinski definition) is 13. The Bertz CT molecular complexity index is 4110. The lowest BCUT2D eigenvalue weighted by molar-refractivity contribution is -0.249. The predicted octanol–water partition coefficient (Wildman–Crippen LogP) is 8.68. The first-order chi connectivity index (χ1) is 51.8. The van der Waals surface area contributed by atoms with Gasteiger partial charge in [-0.2, -0.15) is 0 Å². The smallest absolute Gasteiger partial charge is 0.408 e. The van der Waals surface area contributed by atoms with Gasteiger partial charge < -0.3 is 86.4 Å². The maximum atomic E-state index is 14.7. The van der Waals surface area contributed by atoms with Crippen molar-refractivity contribution < 1.29 is 103 Å². The molecule has 1 heterocycles. The third kappa shape index (κ3) is 17.6. The van der Waals surface area contributed by atoms with Crippen molar-refractivity contribution in [3.05, 3.63) is 123 Å². The monoisotopic (exact) mass is 1510 g/mol. The molecule has 590 valence electrons. The summed E-state index contributed by atoms with van der Waals surface area (Å²) in [5, 5.41) is 101. The molecule has 0 aromatic heterocycles. The maximum Gasteiger partial charge on any atom is 0.408 e. The number of alkyl carbamates (subject to hydrolysis) is 1. The van der Waals surface area contributed by atoms with Gasteiger partial charge in [-0.25, -0.2) is 9.59 Å². The molecule has 26 heteroatoms. The van der Waals surface area contributed by atoms with Crippen molar-refractivity contribution >= 4 is 53.0 Å². The number of nitrogens with one attached hydrogen (secondary N) is 5. The van der Waals surface area contributed by atoms with Crippen LogP contribution < -0.4 is 31.3 Å². The van der Waals surface area contributed by atoms with Gasteiger partial charge in [0, 0.05) is 74.6 Å². The zero-order chi connectivity index (χ0) is 78.6. The molecule has 4 aromatic carbocycles. The number of methoxy groups -OCH3 is 1. The van der Waals surface area contributed by atoms with Gasteiger partial charge in [0.1, 0.15) is 71.3 Å². The summed E-state index contributed by atoms with van der Waals surface area (Å²) >= 11 is 0. The highest BCUT2D eigenvalue weighted by molar-refractivity contribution is 6.31. The summed E-state index contributed by atoms with van der Waals surface area (Å²) in [6.45, 7) is 12.4. The Kier molecular flexibility index (Phi) is 25.4. The number of amides is 5. The zero-order valence-corrected chi connectivity index (χ0v) is 63.2. The number of ether oxygens (including phenoxy) is 4. The van der Waals surface area contributed by atoms with Crippen molar-refractivity contribution in [3.63, 3.8) is 0 Å². The summed E-state index contributed by atoms with van der Waals surface area (Å²) in [6, 6.07) is 10.7. The molecule has 0 radical (unpaired) electrons. The molecule has 4 aromatic rings. The van der Waals surface area contributed by atoms with E-state index >= 15 is 0 Å². The van der Waals surface area contributed by atoms with Gasteiger partial charge in [-0.1, -0.05) is 102 Å². The van der Waals surface area contributed by atoms with Crippen LogP contribution >= 0.6 is 0 Å². The molecule has 7 aliphatic rings. The number of Topliss-reactive ketones (excluding diaryl/α,β-unsaturated/α-hetero) is 1. The molecule has 3 saturated carbocycles. The van der Waals surface area contributed by atoms with E-state index < -0.39 is 156 Å². The van der Waals surface area contributed by atoms with Crippen LogP contribution in [-0.4, -0.2) is 169 Å². The number of phenols is 4. The third-order valence-electron chi connectivity index (χ3n) is 25.1. The molecular formula is C83H107N5O21. The number of ketones is 3. The fourth-order valence-corrected chi connectivity index (χ4v) is 19.2. The minimum absolute atomic E-state index is 0.0116. The van der Waals surface area contributed by atoms with Crippen LogP contribution in [0, 0.1) is 46.3 Å². The Hall–Kier alpha value is -8.95. The van der Waals surface area contributed by atoms with E-state index in [4.69, 9.17) is 18.9 Å². The Labute approximate surface area is 634 Å². The van der Waals surface area contributed by atoms with Gasteiger partial charge in [-0.3, -0.25) is 33.6 Å². The largest absolute Gasteiger partial charge is 0.508 e. The Morgan fingerprint density at radius 2 is 1.38 bits per heavy atom. The van der Waals surface area contributed by atoms with Crippen molar-refractivity contribution in [2.45, 2.75) is 237 Å². The summed E-state index contributed by atoms with van der Waals surface area (Å²) < 4.78 is 23.9. The van der Waals surface area contributed by atoms with Gasteiger partial charge >= 0.3 is 12.1 Å². The molecule has 1 saturated heterocycles. The molecule has 7 unspecified atom stereocenters. The normalized spacial score (nSPS) is 27.8. The Morgan fingerprint density at radius 3 is 2.05 bits per heavy atom. The van der Waals surface area contributed by atoms with Crippen LogP contribution in [-0.2, 0) is 62.2 Å². The molecule has 1 aliphatic heterocycles. The minimum Gasteiger partial charge on any atom is -0.508 e. The second kappa shape index (κ2) is 34.1. The number of aromatic hydroxyl groups is 4. The quantitative estimate of drug-likeness (QED) is 0.0116. The molecule has 6 aliphatic carbocycles. The Balaban J connectivity index is 0.708. The van der Waals surface area contributed by atoms with Crippen LogP contribution in [0.2, 0.25) is 0 Å². The lowest BCUT2D eigenvalue weighted by Crippen LogP contribution is -2.56. The van der Waals surface area contributed by atoms with E-state index in [9.17, 15) is 84.0 Å². The molecule has 17 atom stereocenters. The molecule has 0 bridgehead atoms. The van der Waals surface area contributed by atoms with Crippen LogP contribution in [0.3, 0.4) is 0 Å². The van der Waals surface area contributed by atoms with E-state index in [2.05, 4.69) is 67.3 Å². The molecule has 4 fully saturated rings. The first-order valence-electron chi connectivity index (χ1n) is 38.7. The summed E-state index contributed by atoms with van der Waals surface area (Å²) in [6.07, 6.45) is 5.25. The number of aliphatic hydroxyl groups excluding tert-OH is 2. The number of benzene rings is 4. The zero-order valence-electron chi connectivity index (χ0n) is 63.2. The minimum atomic E-state index is -2.44. The van der Waals surface area contributed by atoms with E-state index in [0.29, 0.717) is 59.0 Å². The van der Waals surface area contributed by atoms with Crippen LogP contribution in [0.1, 0.15) is 217 Å². The van der Waals surface area contributed by atoms with E-state index in [-0.39, 0.29) is 103 Å². The van der Waals surface area contributed by atoms with Crippen LogP contribution in [0.5, 0.6) is 28.7 Å². The Morgan fingerprint density at radius 1 is 0.716 bits per heavy atom. The van der Waals surface area contributed by atoms with Gasteiger partial charge in [0.05, 0.1) is 42.0 Å². The molecule has 26 nitrogen and oxygen atoms in total. The summed E-state index contributed by atoms with van der Waals surface area (Å²) in [5.74, 6) is -4.79. The molecule has 5 amide bonds. The number of carbonyl (C=O) groups is 9. The molecule has 13 N–H and O–H groups in total. The number of carbonyl (C=O) groups excluding carboxylic acids is 8. The van der Waals surface area contributed by atoms with E-state index in [1.54, 1.807) is 12.1 Å². The van der Waals surface area contributed by atoms with Gasteiger partial charge in [0.15, 0.2) is 17.9 Å². The van der Waals surface area contributed by atoms with Gasteiger partial charge in [-0.15, -0.1) is 0 Å². The van der Waals surface area contributed by atoms with Crippen LogP contribution in [0.4, 0.5) is 4.79 Å². The lowest BCUT2D eigenvalue weighted by atomic mass is 9.47. The number of fused-ring (bicyclic) bond motifs is 8. The maximum absolute atomic E-state index is 14.7. The topological polar surface area (TPSA) is 413 Å². The highest BCUT2D eigenvalue weighted by atomic mass is 16.7. The average molecular weight is 1510 g/mol. The number of unbranched alkanes of at least 4 members (excludes halogenated alkanes) is 1. The van der Waals surface area contributed by atoms with E-state index in [0.717, 1.165) is 18.8 Å². The standard InChI is InChI=1S/C83H107N5O21/c1-43(2)12-10-13-44(3)55-27-28-56-52-26-21-48-38-51(31-33-81(48,5)57(52)32-34-82(55,56)6)108-80(104)88-60(36-46-17-22-49(90)23-18-46)78(101)86-58(77(100)87-61(79(102)103)37-47-19-24-50(91)25-20-47)15-8-9-35-84-65(93)29-30-66(94)85-59-39-67(107-45(4)72(59)95)109-63-41-83(105,64(92)42-89)40-54-69(63)76(99)71-70(74(54)97)73(96)53-14-11-16-62(106-7)68(53)75(71)98/h11,14,16-25,43-45,51-52,55-61,63,67,72,89-91,95,97,99,105H,8-10,12-13,15,26-42H2,1-7H3,(H,84,93)(H,85,94)(H,86,101)(H,87,100)(H,88,104)(H,102,103)/t44-,45+,51?,52?,55?,56+,57+,58-,59+,60?,61?,63+,67+,72-,81?,82?,83+/m1/s1. The van der Waals surface area contributed by atoms with Crippen molar-refractivity contribution in [1.82, 2.24) is 26.6 Å². The molecule has 0 spiro atoms. The van der Waals surface area contributed by atoms with Crippen molar-refractivity contribution in [3.8, 4) is 28.7 Å². The average Bonchev–Trinajstić information content (AvgIpc) is 1.61. The lowest BCUT2D eigenvalue weighted by Gasteiger charge is -2.58. The second-order valence-electron chi connectivity index (χ2n) is 32.5. The van der Waals surface area contributed by atoms with Crippen molar-refractivity contribution in [2.75, 3.05) is 20.3 Å². The number of phenolic OH excluding ortho intramolecular Hbond substituents is 4. The van der Waals surface area contributed by atoms with Crippen LogP contribution in [0.25, 0.3) is 0 Å². The number of aliphatic hydroxyl groups is 3. The number of rotatable bonds is 30. The second-order valence-corrected chi connectivity index (χ2v) is 32.5. The first-order valence-corrected chi connectivity index (χ1v) is 38.7. The van der Waals surface area contributed by atoms with E-state index in [1.807, 2.05) is 0 Å². The number of allylic oxidation sites excluding steroid dienone is 1. The third-order valence-corrected chi connectivity index (χ3v) is 25.1. The van der Waals surface area contributed by atoms with E-state index in [1.165, 1.54) is 119 Å². The fraction of sp³-hybridized carbons (Fsp3) is 0.578. The van der Waals surface area contributed by atoms with Gasteiger partial charge in [-0.05, 0) is 159 Å². The summed E-state index contributed by atoms with van der Waals surface area (Å²) in [7, 11) is 1.28. The highest BCUT2D eigenvalue weighted by Crippen LogP contribution is 2.68. The highest BCUT2D eigenvalue weighted by Gasteiger charge is 2.60. The molecular weight excluding hydrogens is 1400 g/mol. The number of aliphatic carboxylic acids is 1. The summed E-state index contributed by atoms with van der Waals surface area (Å²) in [4.78, 5) is 124. The van der Waals surface area contributed by atoms with Crippen molar-refractivity contribution in [2.24, 2.45) is 46.3 Å². The van der Waals surface area contributed by atoms with Gasteiger partial charge in [0.25, 0.3) is 0 Å². The number of carboxylic acids is 1. The SMILES string of the molecule is COc1cccc2c1C(=O)c1c(O)c3c(c(O)c1C2=O)C[C@@](O)(C(=O)CO)C[C@@H]3O[C@H]1C[C@H](NC(=O)CCC(=O)NCCCC[C@@H](NC(=O)C(Cc2ccc(O)cc2)NC(=O)OC2CCC3(C)C(=CCC4[C@@H]3CCC3(C)C([C@H](C)CCCC(C)C)CC[C@@H]43)C2)C(=O)NC(Cc2ccc(O)cc2)C(=O)O)[C@H](O)[C@H](C)O1. The summed E-state index contributed by atoms with van der Waals surface area (Å²) in [5.41, 5.74) is -1.86. The van der Waals surface area contributed by atoms with Crippen molar-refractivity contribution in [1.29, 1.82) is 0 Å². The molecule has 109 heavy (non-hydrogen) atoms.